The van der Waals surface area contributed by atoms with Crippen LogP contribution >= 0.6 is 0 Å². The number of halogens is 1. The third-order valence-corrected chi connectivity index (χ3v) is 4.75. The summed E-state index contributed by atoms with van der Waals surface area (Å²) in [4.78, 5) is -0.381. The highest BCUT2D eigenvalue weighted by Gasteiger charge is 2.26. The summed E-state index contributed by atoms with van der Waals surface area (Å²) in [6.07, 6.45) is 1.40. The average Bonchev–Trinajstić information content (AvgIpc) is 2.46. The Morgan fingerprint density at radius 2 is 2.19 bits per heavy atom. The van der Waals surface area contributed by atoms with Crippen LogP contribution in [0.4, 0.5) is 4.39 Å². The van der Waals surface area contributed by atoms with Gasteiger partial charge >= 0.3 is 0 Å². The summed E-state index contributed by atoms with van der Waals surface area (Å²) in [5, 5.41) is 12.0. The Morgan fingerprint density at radius 1 is 1.48 bits per heavy atom. The zero-order valence-electron chi connectivity index (χ0n) is 12.0. The molecule has 2 N–H and O–H groups in total. The van der Waals surface area contributed by atoms with Crippen LogP contribution in [0.2, 0.25) is 0 Å². The van der Waals surface area contributed by atoms with E-state index < -0.39 is 15.8 Å². The van der Waals surface area contributed by atoms with Crippen LogP contribution in [0.5, 0.6) is 0 Å². The van der Waals surface area contributed by atoms with Gasteiger partial charge in [-0.15, -0.1) is 6.58 Å². The van der Waals surface area contributed by atoms with E-state index in [2.05, 4.69) is 11.9 Å². The first-order valence-corrected chi connectivity index (χ1v) is 8.12. The number of aliphatic hydroxyl groups is 1. The number of benzene rings is 1. The minimum atomic E-state index is -4.00. The van der Waals surface area contributed by atoms with Crippen LogP contribution in [0.3, 0.4) is 0 Å². The minimum absolute atomic E-state index is 0.0137. The molecule has 0 saturated heterocycles. The van der Waals surface area contributed by atoms with Crippen molar-refractivity contribution in [2.45, 2.75) is 18.4 Å². The van der Waals surface area contributed by atoms with E-state index in [1.807, 2.05) is 6.92 Å². The van der Waals surface area contributed by atoms with Gasteiger partial charge in [0.05, 0.1) is 6.61 Å². The van der Waals surface area contributed by atoms with Crippen molar-refractivity contribution in [3.63, 3.8) is 0 Å². The molecule has 0 fully saturated rings. The topological polar surface area (TPSA) is 69.6 Å². The molecule has 0 aromatic heterocycles. The number of aliphatic hydroxyl groups excluding tert-OH is 1. The van der Waals surface area contributed by atoms with Gasteiger partial charge in [-0.25, -0.2) is 12.8 Å². The van der Waals surface area contributed by atoms with Crippen molar-refractivity contribution >= 4 is 10.0 Å². The highest BCUT2D eigenvalue weighted by molar-refractivity contribution is 7.89. The first-order chi connectivity index (χ1) is 9.97. The van der Waals surface area contributed by atoms with Gasteiger partial charge in [0, 0.05) is 19.6 Å². The molecule has 1 aromatic carbocycles. The van der Waals surface area contributed by atoms with Crippen molar-refractivity contribution in [3.05, 3.63) is 42.2 Å². The highest BCUT2D eigenvalue weighted by Crippen LogP contribution is 2.21. The highest BCUT2D eigenvalue weighted by atomic mass is 32.2. The molecule has 5 nitrogen and oxygen atoms in total. The standard InChI is InChI=1S/C14H21FN2O3S/c1-3-7-17(8-9-18)21(19,20)14-10-12(11-16-4-2)5-6-13(14)15/h3,5-6,10,16,18H,1,4,7-9,11H2,2H3. The molecule has 1 aromatic rings. The lowest BCUT2D eigenvalue weighted by Gasteiger charge is -2.20. The van der Waals surface area contributed by atoms with Crippen molar-refractivity contribution in [3.8, 4) is 0 Å². The molecule has 1 rings (SSSR count). The van der Waals surface area contributed by atoms with Gasteiger partial charge in [0.2, 0.25) is 10.0 Å². The molecule has 0 saturated carbocycles. The summed E-state index contributed by atoms with van der Waals surface area (Å²) in [6.45, 7) is 6.16. The lowest BCUT2D eigenvalue weighted by Crippen LogP contribution is -2.34. The van der Waals surface area contributed by atoms with E-state index >= 15 is 0 Å². The molecule has 0 spiro atoms. The molecule has 0 heterocycles. The Bertz CT molecular complexity index is 576. The second-order valence-electron chi connectivity index (χ2n) is 4.42. The Balaban J connectivity index is 3.18. The van der Waals surface area contributed by atoms with Gasteiger partial charge < -0.3 is 10.4 Å². The van der Waals surface area contributed by atoms with Crippen LogP contribution in [-0.2, 0) is 16.6 Å². The van der Waals surface area contributed by atoms with Gasteiger partial charge in [-0.1, -0.05) is 19.1 Å². The maximum atomic E-state index is 13.9. The molecule has 118 valence electrons. The van der Waals surface area contributed by atoms with Crippen molar-refractivity contribution in [2.75, 3.05) is 26.2 Å². The van der Waals surface area contributed by atoms with Crippen molar-refractivity contribution in [1.29, 1.82) is 0 Å². The van der Waals surface area contributed by atoms with Crippen LogP contribution in [0.25, 0.3) is 0 Å². The van der Waals surface area contributed by atoms with Crippen molar-refractivity contribution < 1.29 is 17.9 Å². The lowest BCUT2D eigenvalue weighted by atomic mass is 10.2. The smallest absolute Gasteiger partial charge is 0.246 e. The molecule has 0 unspecified atom stereocenters. The summed E-state index contributed by atoms with van der Waals surface area (Å²) in [5.41, 5.74) is 0.680. The van der Waals surface area contributed by atoms with Gasteiger partial charge in [-0.3, -0.25) is 0 Å². The Hall–Kier alpha value is -1.28. The van der Waals surface area contributed by atoms with Gasteiger partial charge in [0.1, 0.15) is 10.7 Å². The Labute approximate surface area is 125 Å². The quantitative estimate of drug-likeness (QED) is 0.670. The third kappa shape index (κ3) is 4.60. The molecule has 0 atom stereocenters. The SMILES string of the molecule is C=CCN(CCO)S(=O)(=O)c1cc(CNCC)ccc1F. The number of rotatable bonds is 9. The van der Waals surface area contributed by atoms with E-state index in [1.54, 1.807) is 6.07 Å². The summed E-state index contributed by atoms with van der Waals surface area (Å²) >= 11 is 0. The number of hydrogen-bond acceptors (Lipinski definition) is 4. The lowest BCUT2D eigenvalue weighted by molar-refractivity contribution is 0.260. The van der Waals surface area contributed by atoms with Gasteiger partial charge in [0.25, 0.3) is 0 Å². The van der Waals surface area contributed by atoms with E-state index in [4.69, 9.17) is 5.11 Å². The number of nitrogens with zero attached hydrogens (tertiary/aromatic N) is 1. The fourth-order valence-corrected chi connectivity index (χ4v) is 3.35. The fraction of sp³-hybridized carbons (Fsp3) is 0.429. The van der Waals surface area contributed by atoms with E-state index in [0.29, 0.717) is 12.1 Å². The van der Waals surface area contributed by atoms with Crippen LogP contribution in [-0.4, -0.2) is 44.1 Å². The van der Waals surface area contributed by atoms with Crippen molar-refractivity contribution in [1.82, 2.24) is 9.62 Å². The minimum Gasteiger partial charge on any atom is -0.395 e. The molecule has 0 aliphatic carbocycles. The number of nitrogens with one attached hydrogen (secondary N) is 1. The molecule has 0 amide bonds. The summed E-state index contributed by atoms with van der Waals surface area (Å²) in [5.74, 6) is -0.803. The maximum absolute atomic E-state index is 13.9. The maximum Gasteiger partial charge on any atom is 0.246 e. The van der Waals surface area contributed by atoms with E-state index in [-0.39, 0.29) is 24.6 Å². The van der Waals surface area contributed by atoms with Crippen LogP contribution < -0.4 is 5.32 Å². The van der Waals surface area contributed by atoms with Crippen LogP contribution in [0, 0.1) is 5.82 Å². The zero-order valence-corrected chi connectivity index (χ0v) is 12.9. The second kappa shape index (κ2) is 8.23. The van der Waals surface area contributed by atoms with Crippen LogP contribution in [0.15, 0.2) is 35.7 Å². The fourth-order valence-electron chi connectivity index (χ4n) is 1.83. The first-order valence-electron chi connectivity index (χ1n) is 6.68. The Morgan fingerprint density at radius 3 is 2.76 bits per heavy atom. The van der Waals surface area contributed by atoms with Gasteiger partial charge in [0.15, 0.2) is 0 Å². The van der Waals surface area contributed by atoms with E-state index in [1.165, 1.54) is 12.1 Å². The molecule has 0 radical (unpaired) electrons. The predicted molar refractivity (Wildman–Crippen MR) is 79.8 cm³/mol. The molecular formula is C14H21FN2O3S. The predicted octanol–water partition coefficient (Wildman–Crippen LogP) is 1.10. The van der Waals surface area contributed by atoms with Gasteiger partial charge in [-0.05, 0) is 24.2 Å². The molecule has 0 aliphatic rings. The average molecular weight is 316 g/mol. The summed E-state index contributed by atoms with van der Waals surface area (Å²) in [7, 11) is -4.00. The normalized spacial score (nSPS) is 11.8. The van der Waals surface area contributed by atoms with Crippen molar-refractivity contribution in [2.24, 2.45) is 0 Å². The molecule has 0 aliphatic heterocycles. The van der Waals surface area contributed by atoms with E-state index in [9.17, 15) is 12.8 Å². The summed E-state index contributed by atoms with van der Waals surface area (Å²) in [6, 6.07) is 4.01. The number of hydrogen-bond donors (Lipinski definition) is 2. The van der Waals surface area contributed by atoms with E-state index in [0.717, 1.165) is 16.9 Å². The molecule has 7 heteroatoms. The Kier molecular flexibility index (Phi) is 6.97. The summed E-state index contributed by atoms with van der Waals surface area (Å²) < 4.78 is 39.8. The van der Waals surface area contributed by atoms with Gasteiger partial charge in [-0.2, -0.15) is 4.31 Å². The number of sulfonamides is 1. The largest absolute Gasteiger partial charge is 0.395 e. The molecule has 0 bridgehead atoms. The second-order valence-corrected chi connectivity index (χ2v) is 6.33. The third-order valence-electron chi connectivity index (χ3n) is 2.87. The monoisotopic (exact) mass is 316 g/mol. The zero-order chi connectivity index (χ0) is 15.9. The van der Waals surface area contributed by atoms with Crippen LogP contribution in [0.1, 0.15) is 12.5 Å². The molecular weight excluding hydrogens is 295 g/mol. The molecule has 21 heavy (non-hydrogen) atoms. The first kappa shape index (κ1) is 17.8.